The topological polar surface area (TPSA) is 50.2 Å². The van der Waals surface area contributed by atoms with Crippen LogP contribution in [0.3, 0.4) is 0 Å². The fraction of sp³-hybridized carbons (Fsp3) is 0.647. The SMILES string of the molecule is CCCCCCCCCCCc1cccc(C(=O)O)n1.[Zn]. The van der Waals surface area contributed by atoms with Gasteiger partial charge in [0.25, 0.3) is 0 Å². The van der Waals surface area contributed by atoms with Gasteiger partial charge in [0.2, 0.25) is 0 Å². The van der Waals surface area contributed by atoms with Crippen LogP contribution in [-0.2, 0) is 25.9 Å². The zero-order chi connectivity index (χ0) is 14.6. The Bertz CT molecular complexity index is 396. The third kappa shape index (κ3) is 9.74. The van der Waals surface area contributed by atoms with E-state index in [1.807, 2.05) is 6.07 Å². The number of nitrogens with zero attached hydrogens (tertiary/aromatic N) is 1. The third-order valence-electron chi connectivity index (χ3n) is 3.56. The third-order valence-corrected chi connectivity index (χ3v) is 3.56. The molecular formula is C17H27NO2Zn. The molecule has 4 heteroatoms. The fourth-order valence-electron chi connectivity index (χ4n) is 2.35. The number of unbranched alkanes of at least 4 members (excludes halogenated alkanes) is 8. The number of hydrogen-bond acceptors (Lipinski definition) is 2. The van der Waals surface area contributed by atoms with E-state index in [9.17, 15) is 4.79 Å². The van der Waals surface area contributed by atoms with Crippen LogP contribution in [0, 0.1) is 0 Å². The molecule has 3 nitrogen and oxygen atoms in total. The summed E-state index contributed by atoms with van der Waals surface area (Å²) in [6.45, 7) is 2.24. The largest absolute Gasteiger partial charge is 0.477 e. The number of hydrogen-bond donors (Lipinski definition) is 1. The van der Waals surface area contributed by atoms with Crippen LogP contribution in [0.4, 0.5) is 0 Å². The van der Waals surface area contributed by atoms with E-state index in [0.717, 1.165) is 18.5 Å². The summed E-state index contributed by atoms with van der Waals surface area (Å²) in [4.78, 5) is 15.0. The Morgan fingerprint density at radius 1 is 1.00 bits per heavy atom. The Balaban J connectivity index is 0.00000400. The van der Waals surface area contributed by atoms with Gasteiger partial charge in [-0.3, -0.25) is 0 Å². The Hall–Kier alpha value is -0.757. The monoisotopic (exact) mass is 341 g/mol. The van der Waals surface area contributed by atoms with Crippen molar-refractivity contribution in [1.82, 2.24) is 4.98 Å². The van der Waals surface area contributed by atoms with Crippen LogP contribution in [-0.4, -0.2) is 16.1 Å². The van der Waals surface area contributed by atoms with Gasteiger partial charge in [-0.2, -0.15) is 0 Å². The van der Waals surface area contributed by atoms with Gasteiger partial charge in [-0.1, -0.05) is 64.4 Å². The number of aromatic nitrogens is 1. The normalized spacial score (nSPS) is 10.1. The number of carboxylic acid groups (broad SMARTS) is 1. The fourth-order valence-corrected chi connectivity index (χ4v) is 2.35. The van der Waals surface area contributed by atoms with E-state index in [1.165, 1.54) is 51.4 Å². The van der Waals surface area contributed by atoms with Crippen molar-refractivity contribution in [3.63, 3.8) is 0 Å². The quantitative estimate of drug-likeness (QED) is 0.462. The van der Waals surface area contributed by atoms with Crippen molar-refractivity contribution in [2.45, 2.75) is 71.1 Å². The number of pyridine rings is 1. The number of carbonyl (C=O) groups is 1. The van der Waals surface area contributed by atoms with E-state index < -0.39 is 5.97 Å². The molecule has 0 saturated heterocycles. The summed E-state index contributed by atoms with van der Waals surface area (Å²) in [6.07, 6.45) is 12.6. The summed E-state index contributed by atoms with van der Waals surface area (Å²) in [5.41, 5.74) is 1.05. The van der Waals surface area contributed by atoms with Crippen LogP contribution in [0.25, 0.3) is 0 Å². The molecule has 1 rings (SSSR count). The molecule has 0 spiro atoms. The molecule has 1 heterocycles. The summed E-state index contributed by atoms with van der Waals surface area (Å²) < 4.78 is 0. The molecule has 114 valence electrons. The van der Waals surface area contributed by atoms with Crippen LogP contribution in [0.1, 0.15) is 80.9 Å². The molecule has 0 bridgehead atoms. The molecule has 0 saturated carbocycles. The molecule has 0 aliphatic carbocycles. The minimum atomic E-state index is -0.945. The van der Waals surface area contributed by atoms with Gasteiger partial charge in [0.15, 0.2) is 0 Å². The molecule has 0 aromatic carbocycles. The summed E-state index contributed by atoms with van der Waals surface area (Å²) in [7, 11) is 0. The van der Waals surface area contributed by atoms with Crippen LogP contribution < -0.4 is 0 Å². The minimum absolute atomic E-state index is 0. The number of aromatic carboxylic acids is 1. The van der Waals surface area contributed by atoms with E-state index in [-0.39, 0.29) is 25.2 Å². The van der Waals surface area contributed by atoms with Crippen molar-refractivity contribution >= 4 is 5.97 Å². The first-order valence-corrected chi connectivity index (χ1v) is 7.93. The van der Waals surface area contributed by atoms with Gasteiger partial charge in [-0.25, -0.2) is 9.78 Å². The number of rotatable bonds is 11. The second kappa shape index (κ2) is 12.9. The maximum atomic E-state index is 10.8. The molecule has 0 unspecified atom stereocenters. The molecule has 0 atom stereocenters. The molecule has 0 aliphatic rings. The predicted molar refractivity (Wildman–Crippen MR) is 82.1 cm³/mol. The van der Waals surface area contributed by atoms with Crippen molar-refractivity contribution in [3.05, 3.63) is 29.6 Å². The van der Waals surface area contributed by atoms with Crippen LogP contribution in [0.15, 0.2) is 18.2 Å². The molecule has 0 radical (unpaired) electrons. The maximum Gasteiger partial charge on any atom is 0.354 e. The molecule has 1 N–H and O–H groups in total. The Morgan fingerprint density at radius 3 is 2.14 bits per heavy atom. The Morgan fingerprint density at radius 2 is 1.57 bits per heavy atom. The van der Waals surface area contributed by atoms with Gasteiger partial charge < -0.3 is 5.11 Å². The van der Waals surface area contributed by atoms with Crippen molar-refractivity contribution < 1.29 is 29.4 Å². The first-order chi connectivity index (χ1) is 9.74. The summed E-state index contributed by atoms with van der Waals surface area (Å²) >= 11 is 0. The van der Waals surface area contributed by atoms with Gasteiger partial charge in [0.1, 0.15) is 5.69 Å². The van der Waals surface area contributed by atoms with E-state index in [4.69, 9.17) is 5.11 Å². The van der Waals surface area contributed by atoms with E-state index in [0.29, 0.717) is 0 Å². The summed E-state index contributed by atoms with van der Waals surface area (Å²) in [6, 6.07) is 5.23. The van der Waals surface area contributed by atoms with Gasteiger partial charge in [-0.05, 0) is 25.0 Å². The number of aryl methyl sites for hydroxylation is 1. The van der Waals surface area contributed by atoms with E-state index in [2.05, 4.69) is 11.9 Å². The average Bonchev–Trinajstić information content (AvgIpc) is 2.46. The van der Waals surface area contributed by atoms with Crippen molar-refractivity contribution in [1.29, 1.82) is 0 Å². The second-order valence-corrected chi connectivity index (χ2v) is 5.40. The van der Waals surface area contributed by atoms with Crippen LogP contribution in [0.2, 0.25) is 0 Å². The molecule has 0 aliphatic heterocycles. The second-order valence-electron chi connectivity index (χ2n) is 5.40. The Kier molecular flexibility index (Phi) is 12.5. The van der Waals surface area contributed by atoms with Crippen molar-refractivity contribution in [2.75, 3.05) is 0 Å². The predicted octanol–water partition coefficient (Wildman–Crippen LogP) is 4.85. The minimum Gasteiger partial charge on any atom is -0.477 e. The maximum absolute atomic E-state index is 10.8. The Labute approximate surface area is 141 Å². The van der Waals surface area contributed by atoms with Gasteiger partial charge >= 0.3 is 5.97 Å². The summed E-state index contributed by atoms with van der Waals surface area (Å²) in [5.74, 6) is -0.945. The number of carboxylic acids is 1. The van der Waals surface area contributed by atoms with Crippen LogP contribution in [0.5, 0.6) is 0 Å². The zero-order valence-electron chi connectivity index (χ0n) is 13.3. The zero-order valence-corrected chi connectivity index (χ0v) is 16.3. The first kappa shape index (κ1) is 20.2. The molecule has 0 amide bonds. The molecule has 1 aromatic heterocycles. The van der Waals surface area contributed by atoms with Crippen molar-refractivity contribution in [3.8, 4) is 0 Å². The van der Waals surface area contributed by atoms with Gasteiger partial charge in [-0.15, -0.1) is 0 Å². The van der Waals surface area contributed by atoms with E-state index in [1.54, 1.807) is 12.1 Å². The molecule has 21 heavy (non-hydrogen) atoms. The van der Waals surface area contributed by atoms with Crippen LogP contribution >= 0.6 is 0 Å². The molecule has 1 aromatic rings. The van der Waals surface area contributed by atoms with Gasteiger partial charge in [0.05, 0.1) is 0 Å². The smallest absolute Gasteiger partial charge is 0.354 e. The molecule has 0 fully saturated rings. The van der Waals surface area contributed by atoms with E-state index >= 15 is 0 Å². The average molecular weight is 343 g/mol. The summed E-state index contributed by atoms with van der Waals surface area (Å²) in [5, 5.41) is 8.88. The van der Waals surface area contributed by atoms with Crippen molar-refractivity contribution in [2.24, 2.45) is 0 Å². The first-order valence-electron chi connectivity index (χ1n) is 7.93. The standard InChI is InChI=1S/C17H27NO2.Zn/c1-2-3-4-5-6-7-8-9-10-12-15-13-11-14-16(18-15)17(19)20;/h11,13-14H,2-10,12H2,1H3,(H,19,20);. The molecular weight excluding hydrogens is 316 g/mol. The van der Waals surface area contributed by atoms with Gasteiger partial charge in [0, 0.05) is 25.2 Å².